The van der Waals surface area contributed by atoms with Gasteiger partial charge in [-0.25, -0.2) is 9.50 Å². The molecule has 1 atom stereocenters. The van der Waals surface area contributed by atoms with Crippen LogP contribution in [0.1, 0.15) is 23.4 Å². The fourth-order valence-electron chi connectivity index (χ4n) is 2.92. The van der Waals surface area contributed by atoms with Crippen molar-refractivity contribution in [2.75, 3.05) is 19.6 Å². The monoisotopic (exact) mass is 259 g/mol. The van der Waals surface area contributed by atoms with Gasteiger partial charge in [0, 0.05) is 30.0 Å². The van der Waals surface area contributed by atoms with Gasteiger partial charge in [0.1, 0.15) is 0 Å². The third-order valence-electron chi connectivity index (χ3n) is 3.95. The van der Waals surface area contributed by atoms with Crippen LogP contribution in [0, 0.1) is 19.8 Å². The maximum absolute atomic E-state index is 5.74. The Morgan fingerprint density at radius 3 is 3.00 bits per heavy atom. The van der Waals surface area contributed by atoms with Crippen LogP contribution in [0.5, 0.6) is 0 Å². The lowest BCUT2D eigenvalue weighted by Crippen LogP contribution is -2.22. The van der Waals surface area contributed by atoms with Crippen LogP contribution in [0.15, 0.2) is 12.3 Å². The second-order valence-electron chi connectivity index (χ2n) is 5.57. The molecule has 0 aliphatic carbocycles. The topological polar surface area (TPSA) is 59.5 Å². The summed E-state index contributed by atoms with van der Waals surface area (Å²) in [6, 6.07) is 2.06. The number of hydrogen-bond donors (Lipinski definition) is 1. The SMILES string of the molecule is Cc1cc(C)n2ncc(CN3CC[C@@H](CN)C3)c2n1. The molecule has 0 aromatic carbocycles. The molecule has 1 saturated heterocycles. The first-order chi connectivity index (χ1) is 9.17. The fourth-order valence-corrected chi connectivity index (χ4v) is 2.92. The summed E-state index contributed by atoms with van der Waals surface area (Å²) in [5.74, 6) is 0.651. The van der Waals surface area contributed by atoms with E-state index in [4.69, 9.17) is 5.73 Å². The lowest BCUT2D eigenvalue weighted by atomic mass is 10.1. The summed E-state index contributed by atoms with van der Waals surface area (Å²) < 4.78 is 1.93. The van der Waals surface area contributed by atoms with Gasteiger partial charge in [-0.2, -0.15) is 5.10 Å². The van der Waals surface area contributed by atoms with Crippen molar-refractivity contribution in [1.82, 2.24) is 19.5 Å². The van der Waals surface area contributed by atoms with E-state index in [1.165, 1.54) is 12.0 Å². The van der Waals surface area contributed by atoms with Gasteiger partial charge in [0.05, 0.1) is 6.20 Å². The molecule has 2 aromatic rings. The summed E-state index contributed by atoms with van der Waals surface area (Å²) in [4.78, 5) is 7.08. The molecule has 102 valence electrons. The zero-order valence-electron chi connectivity index (χ0n) is 11.6. The minimum Gasteiger partial charge on any atom is -0.330 e. The first-order valence-electron chi connectivity index (χ1n) is 6.90. The van der Waals surface area contributed by atoms with Gasteiger partial charge in [-0.15, -0.1) is 0 Å². The number of aryl methyl sites for hydroxylation is 2. The van der Waals surface area contributed by atoms with Crippen LogP contribution in [-0.4, -0.2) is 39.1 Å². The standard InChI is InChI=1S/C14H21N5/c1-10-5-11(2)19-14(17-10)13(7-16-19)9-18-4-3-12(6-15)8-18/h5,7,12H,3-4,6,8-9,15H2,1-2H3/t12-/m0/s1. The zero-order valence-corrected chi connectivity index (χ0v) is 11.6. The van der Waals surface area contributed by atoms with Crippen molar-refractivity contribution in [3.8, 4) is 0 Å². The molecule has 2 aromatic heterocycles. The Morgan fingerprint density at radius 1 is 1.42 bits per heavy atom. The van der Waals surface area contributed by atoms with Crippen molar-refractivity contribution in [2.45, 2.75) is 26.8 Å². The molecule has 0 unspecified atom stereocenters. The maximum atomic E-state index is 5.74. The number of rotatable bonds is 3. The molecule has 5 nitrogen and oxygen atoms in total. The van der Waals surface area contributed by atoms with E-state index in [0.29, 0.717) is 5.92 Å². The first-order valence-corrected chi connectivity index (χ1v) is 6.90. The molecule has 0 amide bonds. The number of aromatic nitrogens is 3. The molecule has 0 saturated carbocycles. The molecule has 3 rings (SSSR count). The highest BCUT2D eigenvalue weighted by molar-refractivity contribution is 5.47. The summed E-state index contributed by atoms with van der Waals surface area (Å²) in [5.41, 5.74) is 10.1. The van der Waals surface area contributed by atoms with Crippen LogP contribution >= 0.6 is 0 Å². The van der Waals surface area contributed by atoms with Crippen molar-refractivity contribution < 1.29 is 0 Å². The third-order valence-corrected chi connectivity index (χ3v) is 3.95. The molecule has 5 heteroatoms. The van der Waals surface area contributed by atoms with Crippen LogP contribution in [0.25, 0.3) is 5.65 Å². The molecule has 2 N–H and O–H groups in total. The van der Waals surface area contributed by atoms with Crippen LogP contribution in [0.4, 0.5) is 0 Å². The van der Waals surface area contributed by atoms with Crippen molar-refractivity contribution in [2.24, 2.45) is 11.7 Å². The summed E-state index contributed by atoms with van der Waals surface area (Å²) >= 11 is 0. The minimum absolute atomic E-state index is 0.651. The molecule has 19 heavy (non-hydrogen) atoms. The van der Waals surface area contributed by atoms with Gasteiger partial charge in [-0.1, -0.05) is 0 Å². The van der Waals surface area contributed by atoms with Crippen LogP contribution < -0.4 is 5.73 Å². The van der Waals surface area contributed by atoms with Gasteiger partial charge in [0.2, 0.25) is 0 Å². The van der Waals surface area contributed by atoms with Crippen molar-refractivity contribution >= 4 is 5.65 Å². The highest BCUT2D eigenvalue weighted by Crippen LogP contribution is 2.20. The lowest BCUT2D eigenvalue weighted by molar-refractivity contribution is 0.319. The van der Waals surface area contributed by atoms with Crippen molar-refractivity contribution in [1.29, 1.82) is 0 Å². The molecule has 1 aliphatic heterocycles. The minimum atomic E-state index is 0.651. The Hall–Kier alpha value is -1.46. The van der Waals surface area contributed by atoms with E-state index in [9.17, 15) is 0 Å². The summed E-state index contributed by atoms with van der Waals surface area (Å²) in [6.07, 6.45) is 3.16. The number of likely N-dealkylation sites (tertiary alicyclic amines) is 1. The molecule has 3 heterocycles. The van der Waals surface area contributed by atoms with E-state index < -0.39 is 0 Å². The molecular formula is C14H21N5. The molecule has 0 spiro atoms. The van der Waals surface area contributed by atoms with E-state index in [0.717, 1.165) is 43.2 Å². The second kappa shape index (κ2) is 4.90. The molecule has 1 aliphatic rings. The lowest BCUT2D eigenvalue weighted by Gasteiger charge is -2.14. The summed E-state index contributed by atoms with van der Waals surface area (Å²) in [6.45, 7) is 8.04. The highest BCUT2D eigenvalue weighted by Gasteiger charge is 2.22. The third kappa shape index (κ3) is 2.35. The Balaban J connectivity index is 1.86. The van der Waals surface area contributed by atoms with Gasteiger partial charge < -0.3 is 5.73 Å². The Morgan fingerprint density at radius 2 is 2.26 bits per heavy atom. The van der Waals surface area contributed by atoms with Gasteiger partial charge >= 0.3 is 0 Å². The van der Waals surface area contributed by atoms with E-state index in [1.807, 2.05) is 17.6 Å². The van der Waals surface area contributed by atoms with Gasteiger partial charge in [-0.05, 0) is 45.3 Å². The van der Waals surface area contributed by atoms with Gasteiger partial charge in [-0.3, -0.25) is 4.90 Å². The first kappa shape index (κ1) is 12.6. The van der Waals surface area contributed by atoms with Crippen LogP contribution in [0.3, 0.4) is 0 Å². The van der Waals surface area contributed by atoms with Crippen molar-refractivity contribution in [3.63, 3.8) is 0 Å². The molecule has 0 bridgehead atoms. The Labute approximate surface area is 113 Å². The molecule has 1 fully saturated rings. The smallest absolute Gasteiger partial charge is 0.159 e. The van der Waals surface area contributed by atoms with E-state index in [-0.39, 0.29) is 0 Å². The predicted octanol–water partition coefficient (Wildman–Crippen LogP) is 1.13. The summed E-state index contributed by atoms with van der Waals surface area (Å²) in [5, 5.41) is 4.44. The van der Waals surface area contributed by atoms with Crippen LogP contribution in [-0.2, 0) is 6.54 Å². The zero-order chi connectivity index (χ0) is 13.4. The number of nitrogens with two attached hydrogens (primary N) is 1. The summed E-state index contributed by atoms with van der Waals surface area (Å²) in [7, 11) is 0. The Kier molecular flexibility index (Phi) is 3.24. The molecular weight excluding hydrogens is 238 g/mol. The fraction of sp³-hybridized carbons (Fsp3) is 0.571. The van der Waals surface area contributed by atoms with E-state index in [1.54, 1.807) is 0 Å². The highest BCUT2D eigenvalue weighted by atomic mass is 15.3. The Bertz CT molecular complexity index is 589. The predicted molar refractivity (Wildman–Crippen MR) is 74.9 cm³/mol. The quantitative estimate of drug-likeness (QED) is 0.897. The van der Waals surface area contributed by atoms with E-state index in [2.05, 4.69) is 28.0 Å². The average molecular weight is 259 g/mol. The number of hydrogen-bond acceptors (Lipinski definition) is 4. The number of nitrogens with zero attached hydrogens (tertiary/aromatic N) is 4. The van der Waals surface area contributed by atoms with Gasteiger partial charge in [0.25, 0.3) is 0 Å². The largest absolute Gasteiger partial charge is 0.330 e. The van der Waals surface area contributed by atoms with E-state index >= 15 is 0 Å². The average Bonchev–Trinajstić information content (AvgIpc) is 2.97. The maximum Gasteiger partial charge on any atom is 0.159 e. The van der Waals surface area contributed by atoms with Crippen molar-refractivity contribution in [3.05, 3.63) is 29.2 Å². The normalized spacial score (nSPS) is 20.5. The van der Waals surface area contributed by atoms with Crippen LogP contribution in [0.2, 0.25) is 0 Å². The second-order valence-corrected chi connectivity index (χ2v) is 5.57. The number of fused-ring (bicyclic) bond motifs is 1. The molecule has 0 radical (unpaired) electrons. The van der Waals surface area contributed by atoms with Gasteiger partial charge in [0.15, 0.2) is 5.65 Å².